The number of rotatable bonds is 9. The SMILES string of the molecule is COc1ccc(NC(=O)CSc2nc3ccccc3c(=O)n2CCc2ccc(S(N)(=O)=O)cc2)cc1. The summed E-state index contributed by atoms with van der Waals surface area (Å²) in [4.78, 5) is 30.5. The number of carbonyl (C=O) groups excluding carboxylic acids is 1. The number of fused-ring (bicyclic) bond motifs is 1. The maximum Gasteiger partial charge on any atom is 0.262 e. The summed E-state index contributed by atoms with van der Waals surface area (Å²) >= 11 is 1.17. The fourth-order valence-corrected chi connectivity index (χ4v) is 4.88. The van der Waals surface area contributed by atoms with Gasteiger partial charge in [0.15, 0.2) is 5.16 Å². The summed E-state index contributed by atoms with van der Waals surface area (Å²) in [5.41, 5.74) is 1.80. The van der Waals surface area contributed by atoms with Crippen molar-refractivity contribution in [1.82, 2.24) is 9.55 Å². The Bertz CT molecular complexity index is 1550. The van der Waals surface area contributed by atoms with Crippen molar-refractivity contribution in [2.24, 2.45) is 5.14 Å². The maximum atomic E-state index is 13.3. The molecule has 3 N–H and O–H groups in total. The summed E-state index contributed by atoms with van der Waals surface area (Å²) in [6.07, 6.45) is 0.455. The molecule has 11 heteroatoms. The highest BCUT2D eigenvalue weighted by Gasteiger charge is 2.14. The second-order valence-corrected chi connectivity index (χ2v) is 10.4. The molecule has 186 valence electrons. The minimum Gasteiger partial charge on any atom is -0.497 e. The number of nitrogens with two attached hydrogens (primary N) is 1. The first kappa shape index (κ1) is 25.4. The summed E-state index contributed by atoms with van der Waals surface area (Å²) in [6, 6.07) is 20.2. The number of aryl methyl sites for hydroxylation is 1. The van der Waals surface area contributed by atoms with Crippen LogP contribution in [0.1, 0.15) is 5.56 Å². The van der Waals surface area contributed by atoms with Crippen LogP contribution in [0.25, 0.3) is 10.9 Å². The van der Waals surface area contributed by atoms with Crippen LogP contribution in [0.5, 0.6) is 5.75 Å². The van der Waals surface area contributed by atoms with E-state index in [2.05, 4.69) is 10.3 Å². The van der Waals surface area contributed by atoms with Gasteiger partial charge < -0.3 is 10.1 Å². The molecule has 0 fully saturated rings. The number of sulfonamides is 1. The Kier molecular flexibility index (Phi) is 7.73. The van der Waals surface area contributed by atoms with Crippen molar-refractivity contribution in [3.63, 3.8) is 0 Å². The number of methoxy groups -OCH3 is 1. The van der Waals surface area contributed by atoms with E-state index in [1.165, 1.54) is 23.9 Å². The highest BCUT2D eigenvalue weighted by molar-refractivity contribution is 7.99. The van der Waals surface area contributed by atoms with Crippen molar-refractivity contribution in [2.45, 2.75) is 23.0 Å². The van der Waals surface area contributed by atoms with Gasteiger partial charge in [0.25, 0.3) is 5.56 Å². The molecule has 1 aromatic heterocycles. The Balaban J connectivity index is 1.53. The van der Waals surface area contributed by atoms with E-state index in [0.717, 1.165) is 5.56 Å². The van der Waals surface area contributed by atoms with Gasteiger partial charge in [-0.15, -0.1) is 0 Å². The monoisotopic (exact) mass is 524 g/mol. The zero-order chi connectivity index (χ0) is 25.7. The molecule has 9 nitrogen and oxygen atoms in total. The summed E-state index contributed by atoms with van der Waals surface area (Å²) in [7, 11) is -2.21. The highest BCUT2D eigenvalue weighted by atomic mass is 32.2. The van der Waals surface area contributed by atoms with Crippen molar-refractivity contribution in [3.8, 4) is 5.75 Å². The number of thioether (sulfide) groups is 1. The second-order valence-electron chi connectivity index (χ2n) is 7.87. The molecule has 0 saturated heterocycles. The smallest absolute Gasteiger partial charge is 0.262 e. The molecule has 0 aliphatic rings. The molecule has 0 spiro atoms. The fourth-order valence-electron chi connectivity index (χ4n) is 3.54. The van der Waals surface area contributed by atoms with E-state index in [1.54, 1.807) is 72.3 Å². The van der Waals surface area contributed by atoms with Crippen LogP contribution in [-0.2, 0) is 27.8 Å². The third-order valence-electron chi connectivity index (χ3n) is 5.41. The summed E-state index contributed by atoms with van der Waals surface area (Å²) in [5.74, 6) is 0.503. The zero-order valence-corrected chi connectivity index (χ0v) is 21.0. The fraction of sp³-hybridized carbons (Fsp3) is 0.160. The zero-order valence-electron chi connectivity index (χ0n) is 19.4. The molecule has 3 aromatic carbocycles. The number of amides is 1. The third kappa shape index (κ3) is 6.11. The standard InChI is InChI=1S/C25H24N4O5S2/c1-34-19-10-8-18(9-11-19)27-23(30)16-35-25-28-22-5-3-2-4-21(22)24(31)29(25)15-14-17-6-12-20(13-7-17)36(26,32)33/h2-13H,14-16H2,1H3,(H,27,30)(H2,26,32,33). The average Bonchev–Trinajstić information content (AvgIpc) is 2.87. The van der Waals surface area contributed by atoms with Crippen LogP contribution in [0, 0.1) is 0 Å². The van der Waals surface area contributed by atoms with Gasteiger partial charge in [0.1, 0.15) is 5.75 Å². The molecule has 0 aliphatic carbocycles. The van der Waals surface area contributed by atoms with Crippen LogP contribution in [0.15, 0.2) is 87.6 Å². The lowest BCUT2D eigenvalue weighted by Gasteiger charge is -2.13. The number of nitrogens with one attached hydrogen (secondary N) is 1. The van der Waals surface area contributed by atoms with Gasteiger partial charge in [-0.05, 0) is 60.5 Å². The van der Waals surface area contributed by atoms with E-state index in [0.29, 0.717) is 40.5 Å². The minimum absolute atomic E-state index is 0.0231. The lowest BCUT2D eigenvalue weighted by atomic mass is 10.1. The van der Waals surface area contributed by atoms with E-state index in [1.807, 2.05) is 0 Å². The van der Waals surface area contributed by atoms with Gasteiger partial charge in [-0.3, -0.25) is 14.2 Å². The summed E-state index contributed by atoms with van der Waals surface area (Å²) in [6.45, 7) is 0.299. The van der Waals surface area contributed by atoms with Crippen molar-refractivity contribution >= 4 is 44.3 Å². The predicted octanol–water partition coefficient (Wildman–Crippen LogP) is 3.03. The molecule has 1 heterocycles. The van der Waals surface area contributed by atoms with Gasteiger partial charge in [0, 0.05) is 12.2 Å². The molecule has 1 amide bonds. The predicted molar refractivity (Wildman–Crippen MR) is 140 cm³/mol. The first-order chi connectivity index (χ1) is 17.2. The van der Waals surface area contributed by atoms with Gasteiger partial charge in [0.05, 0.1) is 28.7 Å². The molecule has 0 bridgehead atoms. The van der Waals surface area contributed by atoms with Gasteiger partial charge in [0.2, 0.25) is 15.9 Å². The summed E-state index contributed by atoms with van der Waals surface area (Å²) < 4.78 is 29.7. The topological polar surface area (TPSA) is 133 Å². The normalized spacial score (nSPS) is 11.4. The van der Waals surface area contributed by atoms with Gasteiger partial charge in [-0.1, -0.05) is 36.0 Å². The molecule has 4 aromatic rings. The Labute approximate surface area is 212 Å². The number of hydrogen-bond donors (Lipinski definition) is 2. The maximum absolute atomic E-state index is 13.3. The second kappa shape index (κ2) is 10.9. The van der Waals surface area contributed by atoms with Crippen LogP contribution in [0.2, 0.25) is 0 Å². The Morgan fingerprint density at radius 2 is 1.75 bits per heavy atom. The number of primary sulfonamides is 1. The minimum atomic E-state index is -3.78. The van der Waals surface area contributed by atoms with Crippen molar-refractivity contribution in [2.75, 3.05) is 18.2 Å². The van der Waals surface area contributed by atoms with E-state index >= 15 is 0 Å². The van der Waals surface area contributed by atoms with Gasteiger partial charge in [-0.25, -0.2) is 18.5 Å². The number of para-hydroxylation sites is 1. The van der Waals surface area contributed by atoms with Crippen LogP contribution in [0.4, 0.5) is 5.69 Å². The molecule has 0 atom stereocenters. The van der Waals surface area contributed by atoms with Crippen LogP contribution >= 0.6 is 11.8 Å². The van der Waals surface area contributed by atoms with E-state index < -0.39 is 10.0 Å². The quantitative estimate of drug-likeness (QED) is 0.254. The van der Waals surface area contributed by atoms with E-state index in [4.69, 9.17) is 9.88 Å². The Morgan fingerprint density at radius 3 is 2.42 bits per heavy atom. The van der Waals surface area contributed by atoms with E-state index in [-0.39, 0.29) is 22.1 Å². The molecule has 0 saturated carbocycles. The van der Waals surface area contributed by atoms with Gasteiger partial charge in [-0.2, -0.15) is 0 Å². The number of nitrogens with zero attached hydrogens (tertiary/aromatic N) is 2. The van der Waals surface area contributed by atoms with Crippen molar-refractivity contribution in [1.29, 1.82) is 0 Å². The molecular formula is C25H24N4O5S2. The number of hydrogen-bond acceptors (Lipinski definition) is 7. The molecule has 36 heavy (non-hydrogen) atoms. The first-order valence-corrected chi connectivity index (χ1v) is 13.5. The average molecular weight is 525 g/mol. The summed E-state index contributed by atoms with van der Waals surface area (Å²) in [5, 5.41) is 8.88. The van der Waals surface area contributed by atoms with Crippen LogP contribution < -0.4 is 20.8 Å². The molecule has 0 unspecified atom stereocenters. The van der Waals surface area contributed by atoms with Crippen LogP contribution in [0.3, 0.4) is 0 Å². The number of anilines is 1. The van der Waals surface area contributed by atoms with Crippen molar-refractivity contribution < 1.29 is 17.9 Å². The Hall–Kier alpha value is -3.67. The van der Waals surface area contributed by atoms with Crippen LogP contribution in [-0.4, -0.2) is 36.7 Å². The lowest BCUT2D eigenvalue weighted by Crippen LogP contribution is -2.25. The molecule has 0 aliphatic heterocycles. The number of carbonyl (C=O) groups is 1. The largest absolute Gasteiger partial charge is 0.497 e. The number of ether oxygens (including phenoxy) is 1. The highest BCUT2D eigenvalue weighted by Crippen LogP contribution is 2.20. The van der Waals surface area contributed by atoms with E-state index in [9.17, 15) is 18.0 Å². The van der Waals surface area contributed by atoms with Gasteiger partial charge >= 0.3 is 0 Å². The molecular weight excluding hydrogens is 500 g/mol. The first-order valence-electron chi connectivity index (χ1n) is 10.9. The molecule has 0 radical (unpaired) electrons. The third-order valence-corrected chi connectivity index (χ3v) is 7.31. The number of benzene rings is 3. The molecule has 4 rings (SSSR count). The number of aromatic nitrogens is 2. The Morgan fingerprint density at radius 1 is 1.06 bits per heavy atom. The lowest BCUT2D eigenvalue weighted by molar-refractivity contribution is -0.113. The van der Waals surface area contributed by atoms with Crippen molar-refractivity contribution in [3.05, 3.63) is 88.7 Å².